The van der Waals surface area contributed by atoms with Gasteiger partial charge in [-0.15, -0.1) is 14.6 Å². The highest BCUT2D eigenvalue weighted by molar-refractivity contribution is 8.29. The summed E-state index contributed by atoms with van der Waals surface area (Å²) in [6.45, 7) is 0. The summed E-state index contributed by atoms with van der Waals surface area (Å²) in [7, 11) is -4.59. The Morgan fingerprint density at radius 1 is 0.889 bits per heavy atom. The Hall–Kier alpha value is -2.95. The van der Waals surface area contributed by atoms with Crippen molar-refractivity contribution < 1.29 is 44.3 Å². The Kier molecular flexibility index (Phi) is 6.65. The molecule has 4 rings (SSSR count). The molecule has 1 aromatic carbocycles. The van der Waals surface area contributed by atoms with Crippen LogP contribution in [0.3, 0.4) is 0 Å². The molecule has 2 aromatic rings. The molecule has 0 radical (unpaired) electrons. The van der Waals surface area contributed by atoms with E-state index >= 15 is 0 Å². The lowest BCUT2D eigenvalue weighted by Crippen LogP contribution is -2.41. The molecule has 36 heavy (non-hydrogen) atoms. The van der Waals surface area contributed by atoms with Crippen LogP contribution >= 0.6 is 11.8 Å². The van der Waals surface area contributed by atoms with E-state index in [9.17, 15) is 44.3 Å². The Bertz CT molecular complexity index is 1300. The van der Waals surface area contributed by atoms with E-state index in [2.05, 4.69) is 14.6 Å². The number of rotatable bonds is 4. The molecule has 0 unspecified atom stereocenters. The van der Waals surface area contributed by atoms with Crippen molar-refractivity contribution in [3.63, 3.8) is 0 Å². The molecule has 2 aliphatic rings. The van der Waals surface area contributed by atoms with Gasteiger partial charge in [-0.1, -0.05) is 19.3 Å². The summed E-state index contributed by atoms with van der Waals surface area (Å²) in [6.07, 6.45) is -6.99. The van der Waals surface area contributed by atoms with E-state index in [1.165, 1.54) is 0 Å². The van der Waals surface area contributed by atoms with Crippen molar-refractivity contribution in [2.45, 2.75) is 55.4 Å². The second-order valence-electron chi connectivity index (χ2n) is 7.88. The highest BCUT2D eigenvalue weighted by atomic mass is 32.2. The number of carbonyl (C=O) groups excluding carboxylic acids is 2. The molecular formula is C19H15F6N5O4S2. The molecule has 17 heteroatoms. The predicted octanol–water partition coefficient (Wildman–Crippen LogP) is 3.78. The highest BCUT2D eigenvalue weighted by Crippen LogP contribution is 2.36. The van der Waals surface area contributed by atoms with E-state index in [1.54, 1.807) is 0 Å². The Balaban J connectivity index is 1.70. The van der Waals surface area contributed by atoms with Crippen molar-refractivity contribution in [2.24, 2.45) is 4.40 Å². The van der Waals surface area contributed by atoms with Gasteiger partial charge >= 0.3 is 18.3 Å². The number of hydrogen-bond acceptors (Lipinski definition) is 7. The van der Waals surface area contributed by atoms with Crippen molar-refractivity contribution in [3.8, 4) is 5.69 Å². The Labute approximate surface area is 203 Å². The average molecular weight is 555 g/mol. The van der Waals surface area contributed by atoms with Gasteiger partial charge in [-0.3, -0.25) is 19.1 Å². The lowest BCUT2D eigenvalue weighted by Gasteiger charge is -2.29. The number of carbonyl (C=O) groups is 2. The number of alkyl halides is 6. The minimum atomic E-state index is -5.28. The maximum absolute atomic E-state index is 13.2. The zero-order valence-electron chi connectivity index (χ0n) is 17.9. The number of thioether (sulfide) groups is 1. The average Bonchev–Trinajstić information content (AvgIpc) is 3.36. The van der Waals surface area contributed by atoms with Gasteiger partial charge in [0, 0.05) is 11.7 Å². The molecule has 0 atom stereocenters. The maximum atomic E-state index is 13.2. The Morgan fingerprint density at radius 3 is 1.92 bits per heavy atom. The zero-order valence-corrected chi connectivity index (χ0v) is 19.5. The molecule has 2 heterocycles. The number of amidine groups is 1. The summed E-state index contributed by atoms with van der Waals surface area (Å²) in [5, 5.41) is 3.93. The summed E-state index contributed by atoms with van der Waals surface area (Å²) < 4.78 is 108. The van der Waals surface area contributed by atoms with Crippen LogP contribution in [0.4, 0.5) is 26.3 Å². The number of amides is 1. The molecule has 2 fully saturated rings. The fourth-order valence-electron chi connectivity index (χ4n) is 3.90. The number of halogens is 6. The van der Waals surface area contributed by atoms with Crippen LogP contribution in [0.25, 0.3) is 5.69 Å². The van der Waals surface area contributed by atoms with Crippen LogP contribution in [0.1, 0.15) is 43.8 Å². The second-order valence-corrected chi connectivity index (χ2v) is 10.4. The molecule has 1 saturated carbocycles. The van der Waals surface area contributed by atoms with E-state index in [-0.39, 0.29) is 9.73 Å². The SMILES string of the molecule is O=C1S/C(=N\S(=O)(=O)c2ccc(-n3c(C(F)(F)F)nnc3C(F)(F)F)cc2)N(C2CCCCC2)C1=O. The van der Waals surface area contributed by atoms with Gasteiger partial charge < -0.3 is 0 Å². The molecule has 9 nitrogen and oxygen atoms in total. The van der Waals surface area contributed by atoms with Crippen molar-refractivity contribution in [3.05, 3.63) is 35.9 Å². The standard InChI is InChI=1S/C19H15F6N5O4S2/c20-18(21,22)15-26-27-16(19(23,24)25)30(15)11-6-8-12(9-7-11)36(33,34)28-17-29(13(31)14(32)35-17)10-4-2-1-3-5-10/h6-10H,1-5H2/b28-17-. The van der Waals surface area contributed by atoms with Crippen molar-refractivity contribution in [1.82, 2.24) is 19.7 Å². The lowest BCUT2D eigenvalue weighted by atomic mass is 9.94. The monoisotopic (exact) mass is 555 g/mol. The summed E-state index contributed by atoms with van der Waals surface area (Å²) in [5.41, 5.74) is -0.698. The molecule has 0 spiro atoms. The first kappa shape index (κ1) is 26.1. The summed E-state index contributed by atoms with van der Waals surface area (Å²) in [5.74, 6) is -4.80. The van der Waals surface area contributed by atoms with Gasteiger partial charge in [-0.25, -0.2) is 0 Å². The summed E-state index contributed by atoms with van der Waals surface area (Å²) >= 11 is 0.345. The third kappa shape index (κ3) is 4.98. The molecule has 1 aromatic heterocycles. The molecule has 1 aliphatic carbocycles. The molecular weight excluding hydrogens is 540 g/mol. The third-order valence-electron chi connectivity index (χ3n) is 5.48. The van der Waals surface area contributed by atoms with Gasteiger partial charge in [0.2, 0.25) is 11.6 Å². The fraction of sp³-hybridized carbons (Fsp3) is 0.421. The van der Waals surface area contributed by atoms with Crippen molar-refractivity contribution >= 4 is 38.0 Å². The van der Waals surface area contributed by atoms with Crippen LogP contribution in [0.2, 0.25) is 0 Å². The van der Waals surface area contributed by atoms with Crippen molar-refractivity contribution in [2.75, 3.05) is 0 Å². The summed E-state index contributed by atoms with van der Waals surface area (Å²) in [4.78, 5) is 24.7. The number of benzene rings is 1. The van der Waals surface area contributed by atoms with Crippen molar-refractivity contribution in [1.29, 1.82) is 0 Å². The Morgan fingerprint density at radius 2 is 1.42 bits per heavy atom. The smallest absolute Gasteiger partial charge is 0.280 e. The summed E-state index contributed by atoms with van der Waals surface area (Å²) in [6, 6.07) is 2.51. The molecule has 1 amide bonds. The van der Waals surface area contributed by atoms with E-state index in [1.807, 2.05) is 0 Å². The van der Waals surface area contributed by atoms with Crippen LogP contribution in [-0.2, 0) is 32.0 Å². The fourth-order valence-corrected chi connectivity index (χ4v) is 5.91. The first-order valence-corrected chi connectivity index (χ1v) is 12.6. The first-order chi connectivity index (χ1) is 16.7. The van der Waals surface area contributed by atoms with Gasteiger partial charge in [0.05, 0.1) is 4.90 Å². The van der Waals surface area contributed by atoms with Crippen LogP contribution < -0.4 is 0 Å². The van der Waals surface area contributed by atoms with Crippen LogP contribution in [0, 0.1) is 0 Å². The number of hydrogen-bond donors (Lipinski definition) is 0. The van der Waals surface area contributed by atoms with Gasteiger partial charge in [0.25, 0.3) is 15.1 Å². The molecule has 0 N–H and O–H groups in total. The zero-order chi connectivity index (χ0) is 26.5. The minimum absolute atomic E-state index is 0.280. The largest absolute Gasteiger partial charge is 0.452 e. The van der Waals surface area contributed by atoms with Gasteiger partial charge in [0.15, 0.2) is 5.17 Å². The minimum Gasteiger partial charge on any atom is -0.280 e. The van der Waals surface area contributed by atoms with E-state index < -0.39 is 61.7 Å². The molecule has 1 aliphatic heterocycles. The number of aromatic nitrogens is 3. The number of nitrogens with zero attached hydrogens (tertiary/aromatic N) is 5. The normalized spacial score (nSPS) is 19.5. The molecule has 0 bridgehead atoms. The van der Waals surface area contributed by atoms with E-state index in [4.69, 9.17) is 0 Å². The molecule has 1 saturated heterocycles. The lowest BCUT2D eigenvalue weighted by molar-refractivity contribution is -0.153. The van der Waals surface area contributed by atoms with E-state index in [0.29, 0.717) is 36.7 Å². The number of sulfonamides is 1. The maximum Gasteiger partial charge on any atom is 0.452 e. The topological polar surface area (TPSA) is 115 Å². The van der Waals surface area contributed by atoms with Crippen LogP contribution in [0.15, 0.2) is 33.6 Å². The van der Waals surface area contributed by atoms with Gasteiger partial charge in [-0.2, -0.15) is 34.8 Å². The quantitative estimate of drug-likeness (QED) is 0.417. The van der Waals surface area contributed by atoms with Crippen LogP contribution in [0.5, 0.6) is 0 Å². The molecule has 194 valence electrons. The van der Waals surface area contributed by atoms with Gasteiger partial charge in [0.1, 0.15) is 0 Å². The van der Waals surface area contributed by atoms with Gasteiger partial charge in [-0.05, 0) is 48.9 Å². The third-order valence-corrected chi connectivity index (χ3v) is 7.71. The second kappa shape index (κ2) is 9.17. The van der Waals surface area contributed by atoms with E-state index in [0.717, 1.165) is 36.3 Å². The highest BCUT2D eigenvalue weighted by Gasteiger charge is 2.46. The first-order valence-electron chi connectivity index (χ1n) is 10.3. The predicted molar refractivity (Wildman–Crippen MR) is 112 cm³/mol. The van der Waals surface area contributed by atoms with Crippen LogP contribution in [-0.4, -0.2) is 50.3 Å².